The van der Waals surface area contributed by atoms with Crippen molar-refractivity contribution < 1.29 is 4.42 Å². The van der Waals surface area contributed by atoms with Crippen molar-refractivity contribution in [3.63, 3.8) is 0 Å². The average molecular weight is 713 g/mol. The summed E-state index contributed by atoms with van der Waals surface area (Å²) in [4.78, 5) is 0. The fraction of sp³-hybridized carbons (Fsp3) is 0.0545. The first-order chi connectivity index (χ1) is 27.5. The van der Waals surface area contributed by atoms with E-state index in [9.17, 15) is 0 Å². The van der Waals surface area contributed by atoms with Gasteiger partial charge >= 0.3 is 0 Å². The number of furan rings is 1. The van der Waals surface area contributed by atoms with Crippen LogP contribution in [0.1, 0.15) is 25.0 Å². The first kappa shape index (κ1) is 31.4. The summed E-state index contributed by atoms with van der Waals surface area (Å²) in [5, 5.41) is 12.4. The summed E-state index contributed by atoms with van der Waals surface area (Å²) in [5.74, 6) is 0. The second-order valence-electron chi connectivity index (χ2n) is 16.1. The van der Waals surface area contributed by atoms with Gasteiger partial charge in [0.15, 0.2) is 0 Å². The van der Waals surface area contributed by atoms with Crippen LogP contribution in [0.15, 0.2) is 186 Å². The van der Waals surface area contributed by atoms with Gasteiger partial charge in [0.05, 0.1) is 0 Å². The fourth-order valence-corrected chi connectivity index (χ4v) is 9.82. The molecule has 0 N–H and O–H groups in total. The van der Waals surface area contributed by atoms with Crippen molar-refractivity contribution in [1.82, 2.24) is 0 Å². The highest BCUT2D eigenvalue weighted by Gasteiger charge is 2.36. The van der Waals surface area contributed by atoms with Crippen LogP contribution >= 0.6 is 0 Å². The molecule has 12 rings (SSSR count). The van der Waals surface area contributed by atoms with Gasteiger partial charge in [-0.2, -0.15) is 0 Å². The standard InChI is InChI=1S/C55H36O/c1-55(2)49-26-25-37(28-46(49)47-29-40-32-52-48(30-39(40)31-50(47)55)41-13-9-10-18-51(41)56-52)34-19-22-35(23-20-34)53-42-14-5-7-16-44(42)54(45-17-8-6-15-43(45)53)38-24-21-33-11-3-4-12-36(33)27-38/h3-32H,1-2H3. The van der Waals surface area contributed by atoms with Crippen LogP contribution in [0, 0.1) is 0 Å². The van der Waals surface area contributed by atoms with Crippen molar-refractivity contribution in [1.29, 1.82) is 0 Å². The molecule has 0 saturated heterocycles. The summed E-state index contributed by atoms with van der Waals surface area (Å²) in [6.45, 7) is 4.73. The van der Waals surface area contributed by atoms with E-state index in [4.69, 9.17) is 4.42 Å². The highest BCUT2D eigenvalue weighted by atomic mass is 16.3. The molecule has 10 aromatic carbocycles. The summed E-state index contributed by atoms with van der Waals surface area (Å²) in [6.07, 6.45) is 0. The molecule has 1 aliphatic carbocycles. The topological polar surface area (TPSA) is 13.1 Å². The lowest BCUT2D eigenvalue weighted by molar-refractivity contribution is 0.661. The van der Waals surface area contributed by atoms with E-state index in [1.54, 1.807) is 0 Å². The van der Waals surface area contributed by atoms with Gasteiger partial charge in [0.25, 0.3) is 0 Å². The minimum Gasteiger partial charge on any atom is -0.456 e. The van der Waals surface area contributed by atoms with Crippen molar-refractivity contribution in [3.8, 4) is 44.5 Å². The first-order valence-electron chi connectivity index (χ1n) is 19.6. The van der Waals surface area contributed by atoms with Gasteiger partial charge in [-0.3, -0.25) is 0 Å². The highest BCUT2D eigenvalue weighted by molar-refractivity contribution is 6.22. The van der Waals surface area contributed by atoms with Crippen LogP contribution in [0.2, 0.25) is 0 Å². The Bertz CT molecular complexity index is 3370. The van der Waals surface area contributed by atoms with Gasteiger partial charge in [-0.1, -0.05) is 153 Å². The third-order valence-electron chi connectivity index (χ3n) is 12.6. The van der Waals surface area contributed by atoms with E-state index < -0.39 is 0 Å². The zero-order chi connectivity index (χ0) is 37.1. The van der Waals surface area contributed by atoms with Crippen LogP contribution in [0.25, 0.3) is 110 Å². The Morgan fingerprint density at radius 3 is 1.61 bits per heavy atom. The fourth-order valence-electron chi connectivity index (χ4n) is 9.82. The molecule has 262 valence electrons. The van der Waals surface area contributed by atoms with E-state index >= 15 is 0 Å². The van der Waals surface area contributed by atoms with Gasteiger partial charge in [0, 0.05) is 16.2 Å². The summed E-state index contributed by atoms with van der Waals surface area (Å²) >= 11 is 0. The van der Waals surface area contributed by atoms with Crippen molar-refractivity contribution in [2.75, 3.05) is 0 Å². The molecule has 56 heavy (non-hydrogen) atoms. The van der Waals surface area contributed by atoms with Crippen molar-refractivity contribution in [3.05, 3.63) is 193 Å². The van der Waals surface area contributed by atoms with Gasteiger partial charge in [-0.15, -0.1) is 0 Å². The molecule has 11 aromatic rings. The van der Waals surface area contributed by atoms with Crippen molar-refractivity contribution in [2.45, 2.75) is 19.3 Å². The van der Waals surface area contributed by atoms with Crippen LogP contribution in [0.5, 0.6) is 0 Å². The Morgan fingerprint density at radius 2 is 0.875 bits per heavy atom. The first-order valence-corrected chi connectivity index (χ1v) is 19.6. The van der Waals surface area contributed by atoms with Gasteiger partial charge < -0.3 is 4.42 Å². The Morgan fingerprint density at radius 1 is 0.321 bits per heavy atom. The third kappa shape index (κ3) is 4.49. The van der Waals surface area contributed by atoms with Crippen LogP contribution in [0.4, 0.5) is 0 Å². The summed E-state index contributed by atoms with van der Waals surface area (Å²) in [6, 6.07) is 67.3. The minimum atomic E-state index is -0.101. The van der Waals surface area contributed by atoms with E-state index in [-0.39, 0.29) is 5.41 Å². The van der Waals surface area contributed by atoms with Crippen LogP contribution in [-0.2, 0) is 5.41 Å². The van der Waals surface area contributed by atoms with Gasteiger partial charge in [0.1, 0.15) is 11.2 Å². The minimum absolute atomic E-state index is 0.101. The Labute approximate surface area is 325 Å². The zero-order valence-corrected chi connectivity index (χ0v) is 31.2. The van der Waals surface area contributed by atoms with Crippen LogP contribution < -0.4 is 0 Å². The maximum atomic E-state index is 6.30. The molecule has 0 fully saturated rings. The predicted molar refractivity (Wildman–Crippen MR) is 238 cm³/mol. The lowest BCUT2D eigenvalue weighted by Crippen LogP contribution is -2.14. The number of rotatable bonds is 3. The summed E-state index contributed by atoms with van der Waals surface area (Å²) in [5.41, 5.74) is 14.7. The lowest BCUT2D eigenvalue weighted by Gasteiger charge is -2.22. The molecule has 0 spiro atoms. The Hall–Kier alpha value is -6.96. The van der Waals surface area contributed by atoms with Crippen molar-refractivity contribution in [2.24, 2.45) is 0 Å². The molecule has 1 nitrogen and oxygen atoms in total. The van der Waals surface area contributed by atoms with Crippen LogP contribution in [-0.4, -0.2) is 0 Å². The van der Waals surface area contributed by atoms with Gasteiger partial charge in [0.2, 0.25) is 0 Å². The number of benzene rings is 10. The molecule has 0 amide bonds. The van der Waals surface area contributed by atoms with E-state index in [1.165, 1.54) is 109 Å². The largest absolute Gasteiger partial charge is 0.456 e. The van der Waals surface area contributed by atoms with Gasteiger partial charge in [-0.05, 0) is 141 Å². The molecule has 1 aromatic heterocycles. The zero-order valence-electron chi connectivity index (χ0n) is 31.2. The third-order valence-corrected chi connectivity index (χ3v) is 12.6. The molecular weight excluding hydrogens is 677 g/mol. The van der Waals surface area contributed by atoms with Crippen LogP contribution in [0.3, 0.4) is 0 Å². The number of para-hydroxylation sites is 1. The summed E-state index contributed by atoms with van der Waals surface area (Å²) in [7, 11) is 0. The number of fused-ring (bicyclic) bond motifs is 10. The molecule has 0 unspecified atom stereocenters. The smallest absolute Gasteiger partial charge is 0.136 e. The molecule has 0 bridgehead atoms. The average Bonchev–Trinajstić information content (AvgIpc) is 3.71. The van der Waals surface area contributed by atoms with Gasteiger partial charge in [-0.25, -0.2) is 0 Å². The lowest BCUT2D eigenvalue weighted by atomic mass is 9.81. The molecule has 1 heteroatoms. The van der Waals surface area contributed by atoms with E-state index in [1.807, 2.05) is 6.07 Å². The molecular formula is C55H36O. The molecule has 0 atom stereocenters. The second-order valence-corrected chi connectivity index (χ2v) is 16.1. The maximum Gasteiger partial charge on any atom is 0.136 e. The number of hydrogen-bond acceptors (Lipinski definition) is 1. The second kappa shape index (κ2) is 11.5. The molecule has 0 saturated carbocycles. The molecule has 1 aliphatic rings. The maximum absolute atomic E-state index is 6.30. The molecule has 1 heterocycles. The molecule has 0 radical (unpaired) electrons. The molecule has 0 aliphatic heterocycles. The number of hydrogen-bond donors (Lipinski definition) is 0. The van der Waals surface area contributed by atoms with E-state index in [0.29, 0.717) is 0 Å². The monoisotopic (exact) mass is 712 g/mol. The summed E-state index contributed by atoms with van der Waals surface area (Å²) < 4.78 is 6.30. The normalized spacial score (nSPS) is 13.3. The predicted octanol–water partition coefficient (Wildman–Crippen LogP) is 15.5. The Balaban J connectivity index is 0.973. The van der Waals surface area contributed by atoms with Crippen molar-refractivity contribution >= 4 is 65.0 Å². The van der Waals surface area contributed by atoms with E-state index in [2.05, 4.69) is 190 Å². The quantitative estimate of drug-likeness (QED) is 0.166. The SMILES string of the molecule is CC1(C)c2ccc(-c3ccc(-c4c5ccccc5c(-c5ccc6ccccc6c5)c5ccccc45)cc3)cc2-c2cc3cc4oc5ccccc5c4cc3cc21. The highest BCUT2D eigenvalue weighted by Crippen LogP contribution is 2.52. The van der Waals surface area contributed by atoms with E-state index in [0.717, 1.165) is 11.2 Å². The Kier molecular flexibility index (Phi) is 6.46.